The number of carbonyl (C=O) groups is 1. The molecule has 2 fully saturated rings. The Morgan fingerprint density at radius 3 is 2.61 bits per heavy atom. The second-order valence-corrected chi connectivity index (χ2v) is 10.2. The van der Waals surface area contributed by atoms with E-state index in [2.05, 4.69) is 22.0 Å². The molecular formula is C28H38N4O4. The van der Waals surface area contributed by atoms with Gasteiger partial charge < -0.3 is 19.7 Å². The van der Waals surface area contributed by atoms with Crippen LogP contribution in [0.3, 0.4) is 0 Å². The first-order chi connectivity index (χ1) is 17.6. The molecule has 4 atom stereocenters. The molecule has 0 spiro atoms. The van der Waals surface area contributed by atoms with Crippen molar-refractivity contribution in [1.29, 1.82) is 0 Å². The van der Waals surface area contributed by atoms with Crippen LogP contribution in [-0.2, 0) is 16.1 Å². The summed E-state index contributed by atoms with van der Waals surface area (Å²) in [5.74, 6) is -0.182. The lowest BCUT2D eigenvalue weighted by molar-refractivity contribution is -0.127. The van der Waals surface area contributed by atoms with Crippen LogP contribution in [0.15, 0.2) is 47.3 Å². The molecular weight excluding hydrogens is 456 g/mol. The van der Waals surface area contributed by atoms with Crippen molar-refractivity contribution in [3.8, 4) is 11.1 Å². The van der Waals surface area contributed by atoms with Crippen LogP contribution in [0.2, 0.25) is 0 Å². The molecule has 1 aromatic heterocycles. The molecule has 0 unspecified atom stereocenters. The van der Waals surface area contributed by atoms with Crippen LogP contribution >= 0.6 is 0 Å². The van der Waals surface area contributed by atoms with Crippen molar-refractivity contribution < 1.29 is 14.6 Å². The number of ether oxygens (including phenoxy) is 1. The average molecular weight is 495 g/mol. The second kappa shape index (κ2) is 11.3. The van der Waals surface area contributed by atoms with E-state index in [-0.39, 0.29) is 42.0 Å². The summed E-state index contributed by atoms with van der Waals surface area (Å²) < 4.78 is 7.28. The predicted molar refractivity (Wildman–Crippen MR) is 139 cm³/mol. The van der Waals surface area contributed by atoms with Crippen molar-refractivity contribution in [2.45, 2.75) is 38.4 Å². The third-order valence-corrected chi connectivity index (χ3v) is 8.08. The lowest BCUT2D eigenvalue weighted by Crippen LogP contribution is -2.49. The lowest BCUT2D eigenvalue weighted by Gasteiger charge is -2.31. The lowest BCUT2D eigenvalue weighted by atomic mass is 9.88. The second-order valence-electron chi connectivity index (χ2n) is 10.2. The number of morpholine rings is 1. The largest absolute Gasteiger partial charge is 0.396 e. The summed E-state index contributed by atoms with van der Waals surface area (Å²) in [6.45, 7) is 8.34. The summed E-state index contributed by atoms with van der Waals surface area (Å²) in [7, 11) is 0. The van der Waals surface area contributed by atoms with Gasteiger partial charge in [-0.25, -0.2) is 0 Å². The van der Waals surface area contributed by atoms with E-state index in [1.807, 2.05) is 47.0 Å². The maximum Gasteiger partial charge on any atom is 0.258 e. The van der Waals surface area contributed by atoms with Gasteiger partial charge in [-0.1, -0.05) is 37.3 Å². The highest BCUT2D eigenvalue weighted by Crippen LogP contribution is 2.49. The zero-order chi connectivity index (χ0) is 25.1. The molecule has 2 saturated heterocycles. The van der Waals surface area contributed by atoms with Crippen molar-refractivity contribution in [3.63, 3.8) is 0 Å². The number of nitrogens with zero attached hydrogens (tertiary/aromatic N) is 3. The van der Waals surface area contributed by atoms with Crippen LogP contribution in [0, 0.1) is 11.8 Å². The predicted octanol–water partition coefficient (Wildman–Crippen LogP) is 1.73. The number of pyridine rings is 1. The molecule has 1 aromatic carbocycles. The van der Waals surface area contributed by atoms with E-state index in [0.29, 0.717) is 18.7 Å². The van der Waals surface area contributed by atoms with Gasteiger partial charge in [0.15, 0.2) is 0 Å². The van der Waals surface area contributed by atoms with Gasteiger partial charge in [0.05, 0.1) is 25.3 Å². The molecule has 0 saturated carbocycles. The van der Waals surface area contributed by atoms with E-state index in [9.17, 15) is 14.7 Å². The molecule has 2 aromatic rings. The molecule has 8 heteroatoms. The van der Waals surface area contributed by atoms with Gasteiger partial charge in [-0.05, 0) is 43.6 Å². The van der Waals surface area contributed by atoms with Gasteiger partial charge in [0.1, 0.15) is 0 Å². The van der Waals surface area contributed by atoms with Crippen molar-refractivity contribution >= 4 is 5.91 Å². The minimum absolute atomic E-state index is 0.00496. The fourth-order valence-electron chi connectivity index (χ4n) is 6.41. The van der Waals surface area contributed by atoms with Gasteiger partial charge in [0.2, 0.25) is 5.91 Å². The van der Waals surface area contributed by atoms with Gasteiger partial charge in [-0.15, -0.1) is 0 Å². The number of nitrogens with one attached hydrogen (secondary N) is 1. The SMILES string of the molecule is CCCN1[C@@H]2c3ccc(-c4ccccc4)c(=O)n3C[C@@H]2[C@@H](CO)[C@@H]1C(=O)NCCCN1CCOCC1. The molecule has 3 aliphatic rings. The van der Waals surface area contributed by atoms with Crippen LogP contribution in [0.4, 0.5) is 0 Å². The van der Waals surface area contributed by atoms with E-state index in [1.54, 1.807) is 0 Å². The Bertz CT molecular complexity index is 1100. The normalized spacial score (nSPS) is 26.1. The zero-order valence-electron chi connectivity index (χ0n) is 21.1. The molecule has 0 aliphatic carbocycles. The summed E-state index contributed by atoms with van der Waals surface area (Å²) in [6.07, 6.45) is 1.79. The summed E-state index contributed by atoms with van der Waals surface area (Å²) >= 11 is 0. The van der Waals surface area contributed by atoms with E-state index in [4.69, 9.17) is 4.74 Å². The Morgan fingerprint density at radius 2 is 1.89 bits per heavy atom. The van der Waals surface area contributed by atoms with E-state index in [1.165, 1.54) is 0 Å². The molecule has 2 N–H and O–H groups in total. The molecule has 0 bridgehead atoms. The van der Waals surface area contributed by atoms with Gasteiger partial charge in [-0.3, -0.25) is 19.4 Å². The van der Waals surface area contributed by atoms with Crippen LogP contribution < -0.4 is 10.9 Å². The number of benzene rings is 1. The molecule has 0 radical (unpaired) electrons. The fraction of sp³-hybridized carbons (Fsp3) is 0.571. The molecule has 36 heavy (non-hydrogen) atoms. The molecule has 4 heterocycles. The smallest absolute Gasteiger partial charge is 0.258 e. The minimum atomic E-state index is -0.383. The zero-order valence-corrected chi connectivity index (χ0v) is 21.1. The van der Waals surface area contributed by atoms with Gasteiger partial charge in [0, 0.05) is 55.9 Å². The van der Waals surface area contributed by atoms with E-state index in [0.717, 1.165) is 63.5 Å². The average Bonchev–Trinajstić information content (AvgIpc) is 3.43. The number of likely N-dealkylation sites (tertiary alicyclic amines) is 1. The van der Waals surface area contributed by atoms with Gasteiger partial charge >= 0.3 is 0 Å². The van der Waals surface area contributed by atoms with Crippen molar-refractivity contribution in [1.82, 2.24) is 19.7 Å². The Hall–Kier alpha value is -2.52. The maximum atomic E-state index is 13.5. The molecule has 3 aliphatic heterocycles. The summed E-state index contributed by atoms with van der Waals surface area (Å²) in [5.41, 5.74) is 2.56. The Balaban J connectivity index is 1.33. The Morgan fingerprint density at radius 1 is 1.11 bits per heavy atom. The van der Waals surface area contributed by atoms with Gasteiger partial charge in [0.25, 0.3) is 5.56 Å². The first-order valence-electron chi connectivity index (χ1n) is 13.4. The van der Waals surface area contributed by atoms with Crippen LogP contribution in [0.25, 0.3) is 11.1 Å². The Labute approximate surface area is 212 Å². The van der Waals surface area contributed by atoms with E-state index < -0.39 is 0 Å². The number of rotatable bonds is 9. The number of hydrogen-bond acceptors (Lipinski definition) is 6. The highest BCUT2D eigenvalue weighted by Gasteiger charge is 2.55. The number of fused-ring (bicyclic) bond motifs is 3. The van der Waals surface area contributed by atoms with Gasteiger partial charge in [-0.2, -0.15) is 0 Å². The maximum absolute atomic E-state index is 13.5. The number of aliphatic hydroxyl groups excluding tert-OH is 1. The molecule has 8 nitrogen and oxygen atoms in total. The van der Waals surface area contributed by atoms with Crippen LogP contribution in [-0.4, -0.2) is 84.0 Å². The number of aromatic nitrogens is 1. The first-order valence-corrected chi connectivity index (χ1v) is 13.4. The highest BCUT2D eigenvalue weighted by atomic mass is 16.5. The highest BCUT2D eigenvalue weighted by molar-refractivity contribution is 5.82. The third kappa shape index (κ3) is 4.75. The fourth-order valence-corrected chi connectivity index (χ4v) is 6.41. The number of carbonyl (C=O) groups excluding carboxylic acids is 1. The molecule has 194 valence electrons. The monoisotopic (exact) mass is 494 g/mol. The molecule has 5 rings (SSSR count). The van der Waals surface area contributed by atoms with Crippen molar-refractivity contribution in [3.05, 3.63) is 58.5 Å². The topological polar surface area (TPSA) is 87.0 Å². The third-order valence-electron chi connectivity index (χ3n) is 8.08. The number of amides is 1. The molecule has 1 amide bonds. The van der Waals surface area contributed by atoms with E-state index >= 15 is 0 Å². The standard InChI is InChI=1S/C28H38N4O4/c1-2-12-31-25-22(18-32-24(25)10-9-21(28(32)35)20-7-4-3-5-8-20)23(19-33)26(31)27(34)29-11-6-13-30-14-16-36-17-15-30/h3-5,7-10,22-23,25-26,33H,2,6,11-19H2,1H3,(H,29,34)/t22-,23-,25+,26-/m1/s1. The number of aliphatic hydroxyl groups is 1. The summed E-state index contributed by atoms with van der Waals surface area (Å²) in [4.78, 5) is 31.5. The summed E-state index contributed by atoms with van der Waals surface area (Å²) in [5, 5.41) is 13.6. The van der Waals surface area contributed by atoms with Crippen molar-refractivity contribution in [2.75, 3.05) is 52.5 Å². The Kier molecular flexibility index (Phi) is 7.86. The number of hydrogen-bond donors (Lipinski definition) is 2. The van der Waals surface area contributed by atoms with Crippen LogP contribution in [0.1, 0.15) is 31.5 Å². The minimum Gasteiger partial charge on any atom is -0.396 e. The summed E-state index contributed by atoms with van der Waals surface area (Å²) in [6, 6.07) is 13.3. The first kappa shape index (κ1) is 25.1. The van der Waals surface area contributed by atoms with Crippen LogP contribution in [0.5, 0.6) is 0 Å². The quantitative estimate of drug-likeness (QED) is 0.517. The van der Waals surface area contributed by atoms with Crippen molar-refractivity contribution in [2.24, 2.45) is 11.8 Å².